The fourth-order valence-corrected chi connectivity index (χ4v) is 9.61. The van der Waals surface area contributed by atoms with Gasteiger partial charge >= 0.3 is 41.8 Å². The van der Waals surface area contributed by atoms with Crippen LogP contribution in [0.2, 0.25) is 0 Å². The molecule has 13 heteroatoms. The molecule has 0 amide bonds. The largest absolute Gasteiger partial charge is 0.469 e. The lowest BCUT2D eigenvalue weighted by atomic mass is 9.76. The molecule has 61 heavy (non-hydrogen) atoms. The van der Waals surface area contributed by atoms with E-state index in [1.165, 1.54) is 32.8 Å². The van der Waals surface area contributed by atoms with Gasteiger partial charge in [0, 0.05) is 6.42 Å². The van der Waals surface area contributed by atoms with Gasteiger partial charge in [0.1, 0.15) is 12.2 Å². The van der Waals surface area contributed by atoms with Crippen LogP contribution in [-0.4, -0.2) is 72.8 Å². The molecule has 6 aliphatic rings. The molecule has 2 heterocycles. The molecule has 4 bridgehead atoms. The summed E-state index contributed by atoms with van der Waals surface area (Å²) in [5, 5.41) is 8.61. The second-order valence-electron chi connectivity index (χ2n) is 19.5. The summed E-state index contributed by atoms with van der Waals surface area (Å²) in [6.07, 6.45) is 8.41. The molecular formula is C48H82O13. The van der Waals surface area contributed by atoms with Crippen molar-refractivity contribution in [2.24, 2.45) is 88.8 Å². The van der Waals surface area contributed by atoms with Crippen LogP contribution in [0.15, 0.2) is 0 Å². The van der Waals surface area contributed by atoms with E-state index in [9.17, 15) is 33.6 Å². The molecule has 15 unspecified atom stereocenters. The molecule has 352 valence electrons. The van der Waals surface area contributed by atoms with Crippen LogP contribution in [0.1, 0.15) is 149 Å². The number of hydrogen-bond donors (Lipinski definition) is 1. The molecule has 0 aromatic carbocycles. The van der Waals surface area contributed by atoms with Gasteiger partial charge in [-0.2, -0.15) is 0 Å². The molecule has 4 saturated carbocycles. The molecular weight excluding hydrogens is 785 g/mol. The normalized spacial score (nSPS) is 34.3. The Balaban J connectivity index is 0.000000385. The van der Waals surface area contributed by atoms with Gasteiger partial charge in [0.2, 0.25) is 0 Å². The Morgan fingerprint density at radius 1 is 0.672 bits per heavy atom. The van der Waals surface area contributed by atoms with Crippen molar-refractivity contribution >= 4 is 41.8 Å². The first-order chi connectivity index (χ1) is 27.9. The number of rotatable bonds is 9. The summed E-state index contributed by atoms with van der Waals surface area (Å²) in [5.74, 6) is 3.78. The van der Waals surface area contributed by atoms with E-state index in [1.807, 2.05) is 20.8 Å². The number of carbonyl (C=O) groups excluding carboxylic acids is 7. The third-order valence-electron chi connectivity index (χ3n) is 14.4. The molecule has 0 spiro atoms. The maximum Gasteiger partial charge on any atom is 0.317 e. The van der Waals surface area contributed by atoms with Crippen molar-refractivity contribution in [3.05, 3.63) is 0 Å². The molecule has 0 radical (unpaired) electrons. The second-order valence-corrected chi connectivity index (χ2v) is 19.5. The number of methoxy groups -OCH3 is 1. The number of esters is 7. The molecule has 13 nitrogen and oxygen atoms in total. The van der Waals surface area contributed by atoms with Crippen LogP contribution in [-0.2, 0) is 57.2 Å². The van der Waals surface area contributed by atoms with Crippen molar-refractivity contribution in [1.82, 2.24) is 0 Å². The van der Waals surface area contributed by atoms with E-state index in [-0.39, 0.29) is 79.7 Å². The molecule has 6 fully saturated rings. The van der Waals surface area contributed by atoms with E-state index in [0.29, 0.717) is 36.0 Å². The Bertz CT molecular complexity index is 1390. The summed E-state index contributed by atoms with van der Waals surface area (Å²) in [5.41, 5.74) is -0.342. The van der Waals surface area contributed by atoms with E-state index in [2.05, 4.69) is 51.0 Å². The summed E-state index contributed by atoms with van der Waals surface area (Å²) in [4.78, 5) is 76.7. The van der Waals surface area contributed by atoms with Gasteiger partial charge in [-0.15, -0.1) is 0 Å². The summed E-state index contributed by atoms with van der Waals surface area (Å²) < 4.78 is 23.7. The lowest BCUT2D eigenvalue weighted by Gasteiger charge is -2.30. The van der Waals surface area contributed by atoms with Gasteiger partial charge in [0.15, 0.2) is 0 Å². The molecule has 1 N–H and O–H groups in total. The summed E-state index contributed by atoms with van der Waals surface area (Å²) in [6, 6.07) is 0. The standard InChI is InChI=1S/C12H20O3.C12H24O2.C11H18O2.2C6H8O3.CH4/c1-7-8(2)10-5-9(7)6-11(10)12(14)15-4-3-13;1-6-7-10(2)8-9-11(13)14-12(3,4)5;1-6-7(2)9-4-8(6)5-10(9)11(12)13-3;2*1-3-4(2)6(8)9-5(3)7;/h7-11,13H,3-6H2,1-2H3;10H,6-9H2,1-5H3;6-10H,4-5H2,1-3H3;2*3-4H,1-2H3;1H4. The average molecular weight is 867 g/mol. The van der Waals surface area contributed by atoms with E-state index < -0.39 is 23.9 Å². The zero-order valence-corrected chi connectivity index (χ0v) is 39.1. The topological polar surface area (TPSA) is 186 Å². The van der Waals surface area contributed by atoms with Crippen LogP contribution >= 0.6 is 0 Å². The van der Waals surface area contributed by atoms with Crippen LogP contribution in [0.5, 0.6) is 0 Å². The van der Waals surface area contributed by atoms with Gasteiger partial charge in [-0.3, -0.25) is 33.6 Å². The molecule has 6 rings (SSSR count). The van der Waals surface area contributed by atoms with Crippen molar-refractivity contribution in [2.45, 2.75) is 154 Å². The Morgan fingerprint density at radius 2 is 1.07 bits per heavy atom. The van der Waals surface area contributed by atoms with Crippen LogP contribution in [0.3, 0.4) is 0 Å². The number of carbonyl (C=O) groups is 7. The number of aliphatic hydroxyl groups is 1. The van der Waals surface area contributed by atoms with E-state index in [4.69, 9.17) is 19.3 Å². The van der Waals surface area contributed by atoms with Crippen molar-refractivity contribution in [3.63, 3.8) is 0 Å². The number of cyclic esters (lactones) is 4. The predicted molar refractivity (Wildman–Crippen MR) is 231 cm³/mol. The fourth-order valence-electron chi connectivity index (χ4n) is 9.61. The van der Waals surface area contributed by atoms with Gasteiger partial charge in [-0.1, -0.05) is 89.5 Å². The molecule has 2 saturated heterocycles. The first-order valence-corrected chi connectivity index (χ1v) is 22.5. The zero-order chi connectivity index (χ0) is 45.8. The number of ether oxygens (including phenoxy) is 5. The van der Waals surface area contributed by atoms with Crippen LogP contribution in [0.25, 0.3) is 0 Å². The fraction of sp³-hybridized carbons (Fsp3) is 0.854. The van der Waals surface area contributed by atoms with Crippen LogP contribution in [0.4, 0.5) is 0 Å². The molecule has 0 aromatic rings. The summed E-state index contributed by atoms with van der Waals surface area (Å²) in [7, 11) is 1.50. The lowest BCUT2D eigenvalue weighted by Crippen LogP contribution is -2.31. The Labute approximate surface area is 366 Å². The third-order valence-corrected chi connectivity index (χ3v) is 14.4. The van der Waals surface area contributed by atoms with Gasteiger partial charge in [-0.05, 0) is 106 Å². The maximum absolute atomic E-state index is 11.7. The number of aliphatic hydroxyl groups excluding tert-OH is 1. The third kappa shape index (κ3) is 15.7. The minimum Gasteiger partial charge on any atom is -0.469 e. The highest BCUT2D eigenvalue weighted by Crippen LogP contribution is 2.56. The molecule has 15 atom stereocenters. The van der Waals surface area contributed by atoms with Gasteiger partial charge in [0.05, 0.1) is 49.2 Å². The lowest BCUT2D eigenvalue weighted by molar-refractivity contribution is -0.156. The number of hydrogen-bond acceptors (Lipinski definition) is 13. The quantitative estimate of drug-likeness (QED) is 0.132. The smallest absolute Gasteiger partial charge is 0.317 e. The van der Waals surface area contributed by atoms with Crippen molar-refractivity contribution < 1.29 is 62.4 Å². The van der Waals surface area contributed by atoms with Crippen molar-refractivity contribution in [1.29, 1.82) is 0 Å². The second kappa shape index (κ2) is 25.1. The van der Waals surface area contributed by atoms with E-state index in [1.54, 1.807) is 27.7 Å². The van der Waals surface area contributed by atoms with Crippen molar-refractivity contribution in [3.8, 4) is 0 Å². The van der Waals surface area contributed by atoms with Crippen molar-refractivity contribution in [2.75, 3.05) is 20.3 Å². The van der Waals surface area contributed by atoms with Gasteiger partial charge < -0.3 is 28.8 Å². The highest BCUT2D eigenvalue weighted by atomic mass is 16.6. The predicted octanol–water partition coefficient (Wildman–Crippen LogP) is 8.40. The monoisotopic (exact) mass is 867 g/mol. The Morgan fingerprint density at radius 3 is 1.34 bits per heavy atom. The van der Waals surface area contributed by atoms with E-state index >= 15 is 0 Å². The highest BCUT2D eigenvalue weighted by Gasteiger charge is 2.52. The number of fused-ring (bicyclic) bond motifs is 4. The van der Waals surface area contributed by atoms with E-state index in [0.717, 1.165) is 42.9 Å². The molecule has 0 aromatic heterocycles. The minimum atomic E-state index is -0.396. The first-order valence-electron chi connectivity index (χ1n) is 22.5. The highest BCUT2D eigenvalue weighted by molar-refractivity contribution is 5.96. The maximum atomic E-state index is 11.7. The van der Waals surface area contributed by atoms with Gasteiger partial charge in [-0.25, -0.2) is 0 Å². The zero-order valence-electron chi connectivity index (χ0n) is 39.1. The van der Waals surface area contributed by atoms with Crippen LogP contribution in [0, 0.1) is 88.8 Å². The van der Waals surface area contributed by atoms with Gasteiger partial charge in [0.25, 0.3) is 0 Å². The Kier molecular flexibility index (Phi) is 22.9. The first kappa shape index (κ1) is 55.7. The molecule has 2 aliphatic heterocycles. The van der Waals surface area contributed by atoms with Crippen LogP contribution < -0.4 is 0 Å². The summed E-state index contributed by atoms with van der Waals surface area (Å²) in [6.45, 7) is 26.1. The summed E-state index contributed by atoms with van der Waals surface area (Å²) >= 11 is 0. The average Bonchev–Trinajstić information content (AvgIpc) is 4.02. The molecule has 4 aliphatic carbocycles. The minimum absolute atomic E-state index is 0. The Hall–Kier alpha value is -3.35. The SMILES string of the molecule is C.CC1C(=O)OC(=O)C1C.CC1C(=O)OC(=O)C1C.CC1C2CC(C(=O)OCCO)C(C2)C1C.CCCC(C)CCC(=O)OC(C)(C)C.COC(=O)C1CC2CC1C(C)C2C.